The number of carbonyl (C=O) groups is 1. The molecule has 1 N–H and O–H groups in total. The maximum Gasteiger partial charge on any atom is 0.321 e. The number of hydrogen-bond donors (Lipinski definition) is 1. The van der Waals surface area contributed by atoms with E-state index >= 15 is 0 Å². The van der Waals surface area contributed by atoms with Gasteiger partial charge in [0.05, 0.1) is 5.69 Å². The first kappa shape index (κ1) is 14.6. The molecule has 1 aliphatic carbocycles. The third-order valence-corrected chi connectivity index (χ3v) is 5.61. The number of urea groups is 1. The molecular weight excluding hydrogens is 284 g/mol. The van der Waals surface area contributed by atoms with Crippen molar-refractivity contribution in [3.05, 3.63) is 42.5 Å². The molecule has 2 unspecified atom stereocenters. The molecular formula is C20H24N2O. The molecule has 0 radical (unpaired) electrons. The Hall–Kier alpha value is -2.03. The topological polar surface area (TPSA) is 32.3 Å². The first-order valence-electron chi connectivity index (χ1n) is 8.85. The number of nitrogens with zero attached hydrogens (tertiary/aromatic N) is 1. The standard InChI is InChI=1S/C20H24N2O/c23-20(22-13-12-15-6-1-2-8-17(15)14-22)21-19-11-5-9-16-7-3-4-10-18(16)19/h3-5,7,9-11,15,17H,1-2,6,8,12-14H2,(H,21,23). The number of amides is 2. The van der Waals surface area contributed by atoms with Crippen molar-refractivity contribution in [2.75, 3.05) is 18.4 Å². The van der Waals surface area contributed by atoms with Crippen LogP contribution in [-0.2, 0) is 0 Å². The fourth-order valence-corrected chi connectivity index (χ4v) is 4.31. The summed E-state index contributed by atoms with van der Waals surface area (Å²) in [5.41, 5.74) is 0.916. The summed E-state index contributed by atoms with van der Waals surface area (Å²) >= 11 is 0. The van der Waals surface area contributed by atoms with Gasteiger partial charge in [-0.3, -0.25) is 0 Å². The number of fused-ring (bicyclic) bond motifs is 2. The maximum atomic E-state index is 12.7. The SMILES string of the molecule is O=C(Nc1cccc2ccccc12)N1CCC2CCCCC2C1. The van der Waals surface area contributed by atoms with E-state index in [4.69, 9.17) is 0 Å². The Morgan fingerprint density at radius 2 is 1.74 bits per heavy atom. The van der Waals surface area contributed by atoms with Crippen LogP contribution < -0.4 is 5.32 Å². The molecule has 120 valence electrons. The number of carbonyl (C=O) groups excluding carboxylic acids is 1. The van der Waals surface area contributed by atoms with Crippen LogP contribution >= 0.6 is 0 Å². The predicted molar refractivity (Wildman–Crippen MR) is 94.6 cm³/mol. The number of benzene rings is 2. The monoisotopic (exact) mass is 308 g/mol. The Morgan fingerprint density at radius 3 is 2.65 bits per heavy atom. The Balaban J connectivity index is 1.49. The Kier molecular flexibility index (Phi) is 3.94. The van der Waals surface area contributed by atoms with Crippen LogP contribution in [0.3, 0.4) is 0 Å². The molecule has 2 fully saturated rings. The molecule has 2 aliphatic rings. The molecule has 1 heterocycles. The summed E-state index contributed by atoms with van der Waals surface area (Å²) in [4.78, 5) is 14.7. The zero-order valence-corrected chi connectivity index (χ0v) is 13.5. The van der Waals surface area contributed by atoms with Gasteiger partial charge in [-0.05, 0) is 36.1 Å². The minimum absolute atomic E-state index is 0.0605. The summed E-state index contributed by atoms with van der Waals surface area (Å²) in [6, 6.07) is 14.3. The van der Waals surface area contributed by atoms with E-state index in [9.17, 15) is 4.79 Å². The minimum Gasteiger partial charge on any atom is -0.324 e. The Bertz CT molecular complexity index is 706. The second kappa shape index (κ2) is 6.23. The fourth-order valence-electron chi connectivity index (χ4n) is 4.31. The smallest absolute Gasteiger partial charge is 0.321 e. The molecule has 0 spiro atoms. The number of anilines is 1. The van der Waals surface area contributed by atoms with Gasteiger partial charge >= 0.3 is 6.03 Å². The molecule has 2 aromatic rings. The lowest BCUT2D eigenvalue weighted by Crippen LogP contribution is -2.46. The summed E-state index contributed by atoms with van der Waals surface area (Å²) in [6.45, 7) is 1.83. The fraction of sp³-hybridized carbons (Fsp3) is 0.450. The van der Waals surface area contributed by atoms with Gasteiger partial charge in [0.1, 0.15) is 0 Å². The van der Waals surface area contributed by atoms with Crippen LogP contribution in [0, 0.1) is 11.8 Å². The second-order valence-corrected chi connectivity index (χ2v) is 7.00. The molecule has 0 aromatic heterocycles. The van der Waals surface area contributed by atoms with Gasteiger partial charge in [-0.25, -0.2) is 4.79 Å². The van der Waals surface area contributed by atoms with E-state index in [0.29, 0.717) is 0 Å². The van der Waals surface area contributed by atoms with Gasteiger partial charge in [0.25, 0.3) is 0 Å². The van der Waals surface area contributed by atoms with E-state index in [1.807, 2.05) is 29.2 Å². The predicted octanol–water partition coefficient (Wildman–Crippen LogP) is 4.88. The largest absolute Gasteiger partial charge is 0.324 e. The molecule has 2 atom stereocenters. The summed E-state index contributed by atoms with van der Waals surface area (Å²) < 4.78 is 0. The molecule has 1 saturated carbocycles. The summed E-state index contributed by atoms with van der Waals surface area (Å²) in [6.07, 6.45) is 6.54. The van der Waals surface area contributed by atoms with Gasteiger partial charge in [0.15, 0.2) is 0 Å². The van der Waals surface area contributed by atoms with Crippen molar-refractivity contribution < 1.29 is 4.79 Å². The Labute approximate surface area is 137 Å². The number of nitrogens with one attached hydrogen (secondary N) is 1. The van der Waals surface area contributed by atoms with Crippen LogP contribution in [0.5, 0.6) is 0 Å². The number of rotatable bonds is 1. The van der Waals surface area contributed by atoms with E-state index in [-0.39, 0.29) is 6.03 Å². The first-order valence-corrected chi connectivity index (χ1v) is 8.85. The zero-order chi connectivity index (χ0) is 15.6. The number of likely N-dealkylation sites (tertiary alicyclic amines) is 1. The van der Waals surface area contributed by atoms with Crippen molar-refractivity contribution >= 4 is 22.5 Å². The van der Waals surface area contributed by atoms with Gasteiger partial charge < -0.3 is 10.2 Å². The van der Waals surface area contributed by atoms with Gasteiger partial charge in [-0.1, -0.05) is 55.7 Å². The zero-order valence-electron chi connectivity index (χ0n) is 13.5. The summed E-state index contributed by atoms with van der Waals surface area (Å²) in [5, 5.41) is 5.41. The highest BCUT2D eigenvalue weighted by Gasteiger charge is 2.32. The highest BCUT2D eigenvalue weighted by Crippen LogP contribution is 2.36. The second-order valence-electron chi connectivity index (χ2n) is 7.00. The third kappa shape index (κ3) is 2.92. The highest BCUT2D eigenvalue weighted by atomic mass is 16.2. The van der Waals surface area contributed by atoms with Crippen LogP contribution in [0.1, 0.15) is 32.1 Å². The lowest BCUT2D eigenvalue weighted by Gasteiger charge is -2.41. The van der Waals surface area contributed by atoms with E-state index in [1.165, 1.54) is 32.1 Å². The van der Waals surface area contributed by atoms with Crippen molar-refractivity contribution in [3.8, 4) is 0 Å². The van der Waals surface area contributed by atoms with Gasteiger partial charge in [0.2, 0.25) is 0 Å². The lowest BCUT2D eigenvalue weighted by molar-refractivity contribution is 0.108. The molecule has 1 aliphatic heterocycles. The van der Waals surface area contributed by atoms with Gasteiger partial charge in [-0.15, -0.1) is 0 Å². The maximum absolute atomic E-state index is 12.7. The van der Waals surface area contributed by atoms with E-state index in [0.717, 1.165) is 41.4 Å². The van der Waals surface area contributed by atoms with Gasteiger partial charge in [0, 0.05) is 18.5 Å². The number of piperidine rings is 1. The molecule has 0 bridgehead atoms. The number of hydrogen-bond acceptors (Lipinski definition) is 1. The van der Waals surface area contributed by atoms with Crippen LogP contribution in [-0.4, -0.2) is 24.0 Å². The van der Waals surface area contributed by atoms with E-state index in [1.54, 1.807) is 0 Å². The van der Waals surface area contributed by atoms with Gasteiger partial charge in [-0.2, -0.15) is 0 Å². The molecule has 2 aromatic carbocycles. The van der Waals surface area contributed by atoms with Crippen molar-refractivity contribution in [3.63, 3.8) is 0 Å². The Morgan fingerprint density at radius 1 is 0.957 bits per heavy atom. The summed E-state index contributed by atoms with van der Waals surface area (Å²) in [7, 11) is 0. The highest BCUT2D eigenvalue weighted by molar-refractivity contribution is 6.01. The quantitative estimate of drug-likeness (QED) is 0.799. The van der Waals surface area contributed by atoms with E-state index in [2.05, 4.69) is 23.5 Å². The van der Waals surface area contributed by atoms with Crippen LogP contribution in [0.15, 0.2) is 42.5 Å². The molecule has 4 rings (SSSR count). The molecule has 3 nitrogen and oxygen atoms in total. The van der Waals surface area contributed by atoms with Crippen molar-refractivity contribution in [1.29, 1.82) is 0 Å². The third-order valence-electron chi connectivity index (χ3n) is 5.61. The average Bonchev–Trinajstić information content (AvgIpc) is 2.61. The van der Waals surface area contributed by atoms with Crippen LogP contribution in [0.25, 0.3) is 10.8 Å². The normalized spacial score (nSPS) is 24.3. The summed E-state index contributed by atoms with van der Waals surface area (Å²) in [5.74, 6) is 1.57. The van der Waals surface area contributed by atoms with Crippen LogP contribution in [0.2, 0.25) is 0 Å². The van der Waals surface area contributed by atoms with Crippen molar-refractivity contribution in [2.24, 2.45) is 11.8 Å². The van der Waals surface area contributed by atoms with E-state index < -0.39 is 0 Å². The first-order chi connectivity index (χ1) is 11.3. The minimum atomic E-state index is 0.0605. The molecule has 2 amide bonds. The van der Waals surface area contributed by atoms with Crippen molar-refractivity contribution in [2.45, 2.75) is 32.1 Å². The van der Waals surface area contributed by atoms with Crippen LogP contribution in [0.4, 0.5) is 10.5 Å². The average molecular weight is 308 g/mol. The van der Waals surface area contributed by atoms with Crippen molar-refractivity contribution in [1.82, 2.24) is 4.90 Å². The molecule has 3 heteroatoms. The lowest BCUT2D eigenvalue weighted by atomic mass is 9.75. The molecule has 1 saturated heterocycles. The molecule has 23 heavy (non-hydrogen) atoms.